The second-order valence-electron chi connectivity index (χ2n) is 5.12. The Hall–Kier alpha value is -0.770. The van der Waals surface area contributed by atoms with Crippen LogP contribution in [0.25, 0.3) is 0 Å². The summed E-state index contributed by atoms with van der Waals surface area (Å²) in [6.07, 6.45) is 0.884. The third-order valence-electron chi connectivity index (χ3n) is 2.64. The van der Waals surface area contributed by atoms with E-state index in [2.05, 4.69) is 0 Å². The Kier molecular flexibility index (Phi) is 3.28. The van der Waals surface area contributed by atoms with E-state index >= 15 is 0 Å². The van der Waals surface area contributed by atoms with Gasteiger partial charge in [0.05, 0.1) is 4.99 Å². The predicted molar refractivity (Wildman–Crippen MR) is 62.8 cm³/mol. The first-order chi connectivity index (χ1) is 6.74. The van der Waals surface area contributed by atoms with Crippen molar-refractivity contribution in [2.75, 3.05) is 14.1 Å². The van der Waals surface area contributed by atoms with Crippen molar-refractivity contribution in [1.82, 2.24) is 4.90 Å². The number of thiocarbonyl (C=S) groups is 1. The molecule has 15 heavy (non-hydrogen) atoms. The lowest BCUT2D eigenvalue weighted by molar-refractivity contribution is -0.136. The highest BCUT2D eigenvalue weighted by Crippen LogP contribution is 2.34. The quantitative estimate of drug-likeness (QED) is 0.502. The molecule has 0 aromatic carbocycles. The number of ketones is 2. The van der Waals surface area contributed by atoms with Crippen LogP contribution in [0.4, 0.5) is 0 Å². The van der Waals surface area contributed by atoms with Gasteiger partial charge < -0.3 is 4.90 Å². The number of carbonyl (C=O) groups excluding carboxylic acids is 2. The zero-order chi connectivity index (χ0) is 11.8. The first-order valence-electron chi connectivity index (χ1n) is 5.01. The lowest BCUT2D eigenvalue weighted by Crippen LogP contribution is -2.45. The molecule has 1 fully saturated rings. The van der Waals surface area contributed by atoms with Crippen molar-refractivity contribution in [2.24, 2.45) is 11.3 Å². The molecule has 84 valence electrons. The second-order valence-corrected chi connectivity index (χ2v) is 5.53. The lowest BCUT2D eigenvalue weighted by Gasteiger charge is -2.33. The fourth-order valence-corrected chi connectivity index (χ4v) is 2.19. The van der Waals surface area contributed by atoms with E-state index in [4.69, 9.17) is 12.2 Å². The molecule has 4 heteroatoms. The standard InChI is InChI=1S/C11H17NO2S/c1-11(2)5-7(13)9(8(14)6-11)10(15)12(3)4/h9H,5-6H2,1-4H3. The van der Waals surface area contributed by atoms with Gasteiger partial charge in [-0.15, -0.1) is 0 Å². The first kappa shape index (κ1) is 12.3. The summed E-state index contributed by atoms with van der Waals surface area (Å²) < 4.78 is 0. The van der Waals surface area contributed by atoms with Crippen LogP contribution in [0.2, 0.25) is 0 Å². The second kappa shape index (κ2) is 4.00. The van der Waals surface area contributed by atoms with Gasteiger partial charge >= 0.3 is 0 Å². The average Bonchev–Trinajstić information content (AvgIpc) is 1.99. The minimum atomic E-state index is -0.678. The number of rotatable bonds is 1. The normalized spacial score (nSPS) is 21.6. The van der Waals surface area contributed by atoms with Crippen molar-refractivity contribution in [1.29, 1.82) is 0 Å². The number of carbonyl (C=O) groups is 2. The van der Waals surface area contributed by atoms with Crippen LogP contribution >= 0.6 is 12.2 Å². The summed E-state index contributed by atoms with van der Waals surface area (Å²) in [6.45, 7) is 3.88. The van der Waals surface area contributed by atoms with Crippen molar-refractivity contribution in [3.63, 3.8) is 0 Å². The Morgan fingerprint density at radius 1 is 1.27 bits per heavy atom. The molecule has 1 aliphatic carbocycles. The van der Waals surface area contributed by atoms with Crippen LogP contribution in [0.1, 0.15) is 26.7 Å². The third kappa shape index (κ3) is 2.62. The van der Waals surface area contributed by atoms with Gasteiger partial charge in [-0.25, -0.2) is 0 Å². The van der Waals surface area contributed by atoms with E-state index in [1.165, 1.54) is 0 Å². The van der Waals surface area contributed by atoms with Gasteiger partial charge in [-0.05, 0) is 5.41 Å². The maximum Gasteiger partial charge on any atom is 0.150 e. The zero-order valence-electron chi connectivity index (χ0n) is 9.66. The zero-order valence-corrected chi connectivity index (χ0v) is 10.5. The van der Waals surface area contributed by atoms with Crippen molar-refractivity contribution in [3.8, 4) is 0 Å². The minimum Gasteiger partial charge on any atom is -0.371 e. The molecule has 0 amide bonds. The van der Waals surface area contributed by atoms with Gasteiger partial charge in [0.1, 0.15) is 5.92 Å². The van der Waals surface area contributed by atoms with E-state index in [1.807, 2.05) is 13.8 Å². The molecule has 0 radical (unpaired) electrons. The molecule has 1 aliphatic rings. The Morgan fingerprint density at radius 2 is 1.67 bits per heavy atom. The maximum absolute atomic E-state index is 11.8. The maximum atomic E-state index is 11.8. The molecule has 0 aliphatic heterocycles. The molecule has 0 aromatic rings. The van der Waals surface area contributed by atoms with E-state index in [1.54, 1.807) is 19.0 Å². The van der Waals surface area contributed by atoms with Gasteiger partial charge in [0, 0.05) is 26.9 Å². The molecular formula is C11H17NO2S. The molecule has 3 nitrogen and oxygen atoms in total. The molecule has 1 saturated carbocycles. The molecule has 0 unspecified atom stereocenters. The predicted octanol–water partition coefficient (Wildman–Crippen LogP) is 1.45. The molecule has 0 spiro atoms. The fourth-order valence-electron chi connectivity index (χ4n) is 1.92. The summed E-state index contributed by atoms with van der Waals surface area (Å²) in [7, 11) is 3.53. The van der Waals surface area contributed by atoms with E-state index in [0.717, 1.165) is 0 Å². The van der Waals surface area contributed by atoms with Crippen LogP contribution < -0.4 is 0 Å². The summed E-state index contributed by atoms with van der Waals surface area (Å²) in [6, 6.07) is 0. The molecule has 0 bridgehead atoms. The van der Waals surface area contributed by atoms with Crippen molar-refractivity contribution >= 4 is 28.8 Å². The van der Waals surface area contributed by atoms with E-state index in [-0.39, 0.29) is 17.0 Å². The Morgan fingerprint density at radius 3 is 2.00 bits per heavy atom. The van der Waals surface area contributed by atoms with Crippen LogP contribution in [0.5, 0.6) is 0 Å². The Balaban J connectivity index is 2.89. The monoisotopic (exact) mass is 227 g/mol. The summed E-state index contributed by atoms with van der Waals surface area (Å²) in [5, 5.41) is 0. The summed E-state index contributed by atoms with van der Waals surface area (Å²) in [5.74, 6) is -0.743. The largest absolute Gasteiger partial charge is 0.371 e. The summed E-state index contributed by atoms with van der Waals surface area (Å²) in [5.41, 5.74) is -0.202. The average molecular weight is 227 g/mol. The summed E-state index contributed by atoms with van der Waals surface area (Å²) in [4.78, 5) is 25.8. The number of hydrogen-bond acceptors (Lipinski definition) is 3. The van der Waals surface area contributed by atoms with Crippen LogP contribution in [-0.2, 0) is 9.59 Å². The highest BCUT2D eigenvalue weighted by molar-refractivity contribution is 7.80. The molecular weight excluding hydrogens is 210 g/mol. The van der Waals surface area contributed by atoms with Crippen LogP contribution in [0, 0.1) is 11.3 Å². The van der Waals surface area contributed by atoms with Crippen LogP contribution in [0.15, 0.2) is 0 Å². The van der Waals surface area contributed by atoms with Crippen molar-refractivity contribution < 1.29 is 9.59 Å². The molecule has 0 heterocycles. The van der Waals surface area contributed by atoms with Gasteiger partial charge in [0.15, 0.2) is 11.6 Å². The van der Waals surface area contributed by atoms with Gasteiger partial charge in [-0.1, -0.05) is 26.1 Å². The lowest BCUT2D eigenvalue weighted by atomic mass is 9.71. The van der Waals surface area contributed by atoms with E-state index in [0.29, 0.717) is 17.8 Å². The van der Waals surface area contributed by atoms with Gasteiger partial charge in [0.2, 0.25) is 0 Å². The molecule has 1 rings (SSSR count). The number of Topliss-reactive ketones (excluding diaryl/α,β-unsaturated/α-hetero) is 2. The SMILES string of the molecule is CN(C)C(=S)C1C(=O)CC(C)(C)CC1=O. The molecule has 0 saturated heterocycles. The fraction of sp³-hybridized carbons (Fsp3) is 0.727. The Labute approximate surface area is 95.8 Å². The van der Waals surface area contributed by atoms with Gasteiger partial charge in [-0.3, -0.25) is 9.59 Å². The molecule has 0 N–H and O–H groups in total. The third-order valence-corrected chi connectivity index (χ3v) is 3.24. The van der Waals surface area contributed by atoms with E-state index in [9.17, 15) is 9.59 Å². The van der Waals surface area contributed by atoms with Gasteiger partial charge in [0.25, 0.3) is 0 Å². The number of hydrogen-bond donors (Lipinski definition) is 0. The highest BCUT2D eigenvalue weighted by Gasteiger charge is 2.42. The van der Waals surface area contributed by atoms with Crippen LogP contribution in [0.3, 0.4) is 0 Å². The van der Waals surface area contributed by atoms with Gasteiger partial charge in [-0.2, -0.15) is 0 Å². The van der Waals surface area contributed by atoms with Crippen molar-refractivity contribution in [2.45, 2.75) is 26.7 Å². The Bertz CT molecular complexity index is 301. The number of nitrogens with zero attached hydrogens (tertiary/aromatic N) is 1. The minimum absolute atomic E-state index is 0.0325. The summed E-state index contributed by atoms with van der Waals surface area (Å²) >= 11 is 5.11. The highest BCUT2D eigenvalue weighted by atomic mass is 32.1. The van der Waals surface area contributed by atoms with Crippen molar-refractivity contribution in [3.05, 3.63) is 0 Å². The molecule has 0 atom stereocenters. The van der Waals surface area contributed by atoms with E-state index < -0.39 is 5.92 Å². The molecule has 0 aromatic heterocycles. The topological polar surface area (TPSA) is 37.4 Å². The van der Waals surface area contributed by atoms with Crippen LogP contribution in [-0.4, -0.2) is 35.6 Å². The smallest absolute Gasteiger partial charge is 0.150 e. The first-order valence-corrected chi connectivity index (χ1v) is 5.42.